The molecule has 1 aliphatic rings. The number of carbonyl (C=O) groups is 2. The quantitative estimate of drug-likeness (QED) is 0.757. The largest absolute Gasteiger partial charge is 0.350 e. The first kappa shape index (κ1) is 17.3. The SMILES string of the molecule is CC(C)(CN)NC(=O)CCNC(=O)N1CCc2ccccc2C1. The molecule has 6 nitrogen and oxygen atoms in total. The molecule has 0 bridgehead atoms. The number of amides is 3. The first-order valence-corrected chi connectivity index (χ1v) is 8.02. The van der Waals surface area contributed by atoms with E-state index in [1.54, 1.807) is 4.90 Å². The molecule has 0 spiro atoms. The summed E-state index contributed by atoms with van der Waals surface area (Å²) in [5.41, 5.74) is 7.65. The van der Waals surface area contributed by atoms with Crippen molar-refractivity contribution in [3.63, 3.8) is 0 Å². The molecule has 0 aromatic heterocycles. The highest BCUT2D eigenvalue weighted by molar-refractivity contribution is 5.78. The lowest BCUT2D eigenvalue weighted by molar-refractivity contribution is -0.122. The van der Waals surface area contributed by atoms with Crippen molar-refractivity contribution in [2.45, 2.75) is 38.8 Å². The monoisotopic (exact) mass is 318 g/mol. The molecular formula is C17H26N4O2. The van der Waals surface area contributed by atoms with Crippen molar-refractivity contribution >= 4 is 11.9 Å². The van der Waals surface area contributed by atoms with Crippen LogP contribution in [0.4, 0.5) is 4.79 Å². The van der Waals surface area contributed by atoms with Gasteiger partial charge in [-0.1, -0.05) is 24.3 Å². The average Bonchev–Trinajstić information content (AvgIpc) is 2.53. The Kier molecular flexibility index (Phi) is 5.60. The van der Waals surface area contributed by atoms with Crippen LogP contribution in [0.1, 0.15) is 31.4 Å². The fraction of sp³-hybridized carbons (Fsp3) is 0.529. The lowest BCUT2D eigenvalue weighted by atomic mass is 10.0. The number of fused-ring (bicyclic) bond motifs is 1. The van der Waals surface area contributed by atoms with Gasteiger partial charge in [0.05, 0.1) is 0 Å². The van der Waals surface area contributed by atoms with E-state index in [4.69, 9.17) is 5.73 Å². The first-order valence-electron chi connectivity index (χ1n) is 8.02. The normalized spacial score (nSPS) is 14.1. The number of hydrogen-bond donors (Lipinski definition) is 3. The maximum absolute atomic E-state index is 12.2. The summed E-state index contributed by atoms with van der Waals surface area (Å²) in [7, 11) is 0. The average molecular weight is 318 g/mol. The second-order valence-corrected chi connectivity index (χ2v) is 6.56. The Morgan fingerprint density at radius 2 is 1.96 bits per heavy atom. The molecule has 2 rings (SSSR count). The molecule has 0 atom stereocenters. The van der Waals surface area contributed by atoms with Crippen molar-refractivity contribution in [3.8, 4) is 0 Å². The van der Waals surface area contributed by atoms with Gasteiger partial charge in [0.2, 0.25) is 5.91 Å². The van der Waals surface area contributed by atoms with Gasteiger partial charge < -0.3 is 21.3 Å². The molecule has 4 N–H and O–H groups in total. The van der Waals surface area contributed by atoms with Crippen LogP contribution in [-0.4, -0.2) is 42.0 Å². The lowest BCUT2D eigenvalue weighted by Crippen LogP contribution is -2.50. The number of nitrogens with one attached hydrogen (secondary N) is 2. The topological polar surface area (TPSA) is 87.5 Å². The van der Waals surface area contributed by atoms with Gasteiger partial charge in [-0.15, -0.1) is 0 Å². The molecular weight excluding hydrogens is 292 g/mol. The zero-order chi connectivity index (χ0) is 16.9. The fourth-order valence-electron chi connectivity index (χ4n) is 2.55. The predicted octanol–water partition coefficient (Wildman–Crippen LogP) is 0.998. The van der Waals surface area contributed by atoms with Gasteiger partial charge in [-0.25, -0.2) is 4.79 Å². The smallest absolute Gasteiger partial charge is 0.317 e. The van der Waals surface area contributed by atoms with Crippen LogP contribution in [0.25, 0.3) is 0 Å². The Hall–Kier alpha value is -2.08. The molecule has 1 aliphatic heterocycles. The minimum absolute atomic E-state index is 0.107. The van der Waals surface area contributed by atoms with Crippen molar-refractivity contribution in [2.75, 3.05) is 19.6 Å². The highest BCUT2D eigenvalue weighted by atomic mass is 16.2. The zero-order valence-electron chi connectivity index (χ0n) is 13.9. The number of nitrogens with two attached hydrogens (primary N) is 1. The van der Waals surface area contributed by atoms with Gasteiger partial charge in [0.15, 0.2) is 0 Å². The molecule has 126 valence electrons. The highest BCUT2D eigenvalue weighted by Crippen LogP contribution is 2.18. The lowest BCUT2D eigenvalue weighted by Gasteiger charge is -2.29. The summed E-state index contributed by atoms with van der Waals surface area (Å²) in [6.07, 6.45) is 1.12. The van der Waals surface area contributed by atoms with Crippen LogP contribution in [-0.2, 0) is 17.8 Å². The fourth-order valence-corrected chi connectivity index (χ4v) is 2.55. The second kappa shape index (κ2) is 7.46. The highest BCUT2D eigenvalue weighted by Gasteiger charge is 2.21. The van der Waals surface area contributed by atoms with Crippen molar-refractivity contribution in [1.29, 1.82) is 0 Å². The van der Waals surface area contributed by atoms with Crippen molar-refractivity contribution in [1.82, 2.24) is 15.5 Å². The summed E-state index contributed by atoms with van der Waals surface area (Å²) in [5.74, 6) is -0.107. The Morgan fingerprint density at radius 1 is 1.26 bits per heavy atom. The van der Waals surface area contributed by atoms with Crippen LogP contribution < -0.4 is 16.4 Å². The second-order valence-electron chi connectivity index (χ2n) is 6.56. The van der Waals surface area contributed by atoms with E-state index in [0.29, 0.717) is 26.2 Å². The molecule has 0 saturated carbocycles. The molecule has 1 aromatic rings. The van der Waals surface area contributed by atoms with E-state index in [9.17, 15) is 9.59 Å². The summed E-state index contributed by atoms with van der Waals surface area (Å²) in [4.78, 5) is 25.8. The van der Waals surface area contributed by atoms with Crippen LogP contribution >= 0.6 is 0 Å². The number of carbonyl (C=O) groups excluding carboxylic acids is 2. The third kappa shape index (κ3) is 4.96. The van der Waals surface area contributed by atoms with Crippen LogP contribution in [0.15, 0.2) is 24.3 Å². The molecule has 6 heteroatoms. The predicted molar refractivity (Wildman–Crippen MR) is 89.8 cm³/mol. The molecule has 0 fully saturated rings. The summed E-state index contributed by atoms with van der Waals surface area (Å²) in [6, 6.07) is 8.05. The third-order valence-corrected chi connectivity index (χ3v) is 4.03. The number of rotatable bonds is 5. The Morgan fingerprint density at radius 3 is 2.65 bits per heavy atom. The van der Waals surface area contributed by atoms with E-state index >= 15 is 0 Å². The number of urea groups is 1. The van der Waals surface area contributed by atoms with Gasteiger partial charge in [-0.05, 0) is 31.4 Å². The van der Waals surface area contributed by atoms with Gasteiger partial charge in [0, 0.05) is 38.1 Å². The van der Waals surface area contributed by atoms with E-state index in [2.05, 4.69) is 22.8 Å². The van der Waals surface area contributed by atoms with Crippen molar-refractivity contribution < 1.29 is 9.59 Å². The van der Waals surface area contributed by atoms with Gasteiger partial charge in [0.1, 0.15) is 0 Å². The maximum atomic E-state index is 12.2. The van der Waals surface area contributed by atoms with Gasteiger partial charge >= 0.3 is 6.03 Å². The maximum Gasteiger partial charge on any atom is 0.317 e. The molecule has 0 aliphatic carbocycles. The minimum atomic E-state index is -0.419. The van der Waals surface area contributed by atoms with Crippen molar-refractivity contribution in [3.05, 3.63) is 35.4 Å². The van der Waals surface area contributed by atoms with Crippen LogP contribution in [0.3, 0.4) is 0 Å². The van der Waals surface area contributed by atoms with E-state index < -0.39 is 5.54 Å². The molecule has 23 heavy (non-hydrogen) atoms. The summed E-state index contributed by atoms with van der Waals surface area (Å²) >= 11 is 0. The van der Waals surface area contributed by atoms with E-state index in [1.807, 2.05) is 26.0 Å². The van der Waals surface area contributed by atoms with Gasteiger partial charge in [0.25, 0.3) is 0 Å². The Bertz CT molecular complexity index is 571. The summed E-state index contributed by atoms with van der Waals surface area (Å²) in [6.45, 7) is 5.76. The first-order chi connectivity index (χ1) is 10.9. The molecule has 3 amide bonds. The van der Waals surface area contributed by atoms with Crippen molar-refractivity contribution in [2.24, 2.45) is 5.73 Å². The summed E-state index contributed by atoms with van der Waals surface area (Å²) < 4.78 is 0. The van der Waals surface area contributed by atoms with Gasteiger partial charge in [-0.2, -0.15) is 0 Å². The standard InChI is InChI=1S/C17H26N4O2/c1-17(2,12-18)20-15(22)7-9-19-16(23)21-10-8-13-5-3-4-6-14(13)11-21/h3-6H,7-12,18H2,1-2H3,(H,19,23)(H,20,22). The molecule has 1 heterocycles. The zero-order valence-corrected chi connectivity index (χ0v) is 13.9. The number of hydrogen-bond acceptors (Lipinski definition) is 3. The molecule has 0 saturated heterocycles. The van der Waals surface area contributed by atoms with Crippen LogP contribution in [0.2, 0.25) is 0 Å². The Labute approximate surface area is 137 Å². The molecule has 0 radical (unpaired) electrons. The number of nitrogens with zero attached hydrogens (tertiary/aromatic N) is 1. The van der Waals surface area contributed by atoms with Crippen LogP contribution in [0, 0.1) is 0 Å². The minimum Gasteiger partial charge on any atom is -0.350 e. The summed E-state index contributed by atoms with van der Waals surface area (Å²) in [5, 5.41) is 5.66. The third-order valence-electron chi connectivity index (χ3n) is 4.03. The number of benzene rings is 1. The van der Waals surface area contributed by atoms with Gasteiger partial charge in [-0.3, -0.25) is 4.79 Å². The molecule has 0 unspecified atom stereocenters. The molecule has 1 aromatic carbocycles. The Balaban J connectivity index is 1.75. The van der Waals surface area contributed by atoms with E-state index in [-0.39, 0.29) is 18.4 Å². The van der Waals surface area contributed by atoms with E-state index in [1.165, 1.54) is 11.1 Å². The van der Waals surface area contributed by atoms with Crippen LogP contribution in [0.5, 0.6) is 0 Å². The van der Waals surface area contributed by atoms with E-state index in [0.717, 1.165) is 6.42 Å².